The zero-order chi connectivity index (χ0) is 24.3. The van der Waals surface area contributed by atoms with Crippen LogP contribution in [0.25, 0.3) is 21.9 Å². The third-order valence-electron chi connectivity index (χ3n) is 5.27. The molecular weight excluding hydrogens is 432 g/mol. The number of benzene rings is 3. The molecule has 9 heteroatoms. The number of esters is 1. The monoisotopic (exact) mass is 458 g/mol. The van der Waals surface area contributed by atoms with Crippen LogP contribution in [0.1, 0.15) is 10.4 Å². The molecule has 0 fully saturated rings. The fraction of sp³-hybridized carbons (Fsp3) is 0.292. The molecule has 0 spiro atoms. The van der Waals surface area contributed by atoms with Crippen LogP contribution in [0.2, 0.25) is 0 Å². The lowest BCUT2D eigenvalue weighted by Gasteiger charge is -2.21. The highest BCUT2D eigenvalue weighted by Crippen LogP contribution is 2.52. The van der Waals surface area contributed by atoms with Gasteiger partial charge in [0.05, 0.1) is 55.3 Å². The van der Waals surface area contributed by atoms with E-state index in [0.29, 0.717) is 50.6 Å². The molecule has 0 saturated heterocycles. The highest BCUT2D eigenvalue weighted by Gasteiger charge is 2.28. The molecule has 9 nitrogen and oxygen atoms in total. The van der Waals surface area contributed by atoms with Crippen LogP contribution >= 0.6 is 0 Å². The molecule has 176 valence electrons. The van der Waals surface area contributed by atoms with Gasteiger partial charge in [0.15, 0.2) is 23.0 Å². The zero-order valence-electron chi connectivity index (χ0n) is 19.5. The van der Waals surface area contributed by atoms with Crippen LogP contribution in [-0.2, 0) is 4.74 Å². The number of carbonyl (C=O) groups is 1. The van der Waals surface area contributed by atoms with Crippen molar-refractivity contribution in [3.8, 4) is 51.4 Å². The molecule has 0 aromatic heterocycles. The second-order valence-electron chi connectivity index (χ2n) is 6.79. The van der Waals surface area contributed by atoms with Crippen molar-refractivity contribution in [2.24, 2.45) is 0 Å². The van der Waals surface area contributed by atoms with Gasteiger partial charge in [-0.05, 0) is 29.8 Å². The third kappa shape index (κ3) is 3.86. The number of hydrogen-bond acceptors (Lipinski definition) is 9. The standard InChI is InChI=1S/C24H26O9/c1-27-16-8-12(9-17(28-2)21(16)30-4)19-14(24(26)33-7)10-15(25)13-11-18(29-3)22(31-5)23(32-6)20(13)19/h8-11,25H,1-7H3. The Kier molecular flexibility index (Phi) is 6.91. The highest BCUT2D eigenvalue weighted by atomic mass is 16.5. The lowest BCUT2D eigenvalue weighted by molar-refractivity contribution is 0.0601. The van der Waals surface area contributed by atoms with Crippen LogP contribution in [-0.4, -0.2) is 60.8 Å². The number of rotatable bonds is 8. The largest absolute Gasteiger partial charge is 0.507 e. The second-order valence-corrected chi connectivity index (χ2v) is 6.79. The van der Waals surface area contributed by atoms with E-state index in [1.807, 2.05) is 0 Å². The summed E-state index contributed by atoms with van der Waals surface area (Å²) in [5.74, 6) is 1.22. The molecule has 0 amide bonds. The van der Waals surface area contributed by atoms with Gasteiger partial charge in [0, 0.05) is 16.3 Å². The van der Waals surface area contributed by atoms with Gasteiger partial charge in [0.1, 0.15) is 5.75 Å². The second kappa shape index (κ2) is 9.64. The molecule has 3 aromatic carbocycles. The molecule has 0 saturated carbocycles. The summed E-state index contributed by atoms with van der Waals surface area (Å²) in [5, 5.41) is 11.6. The summed E-state index contributed by atoms with van der Waals surface area (Å²) in [5.41, 5.74) is 1.04. The molecule has 0 heterocycles. The summed E-state index contributed by atoms with van der Waals surface area (Å²) >= 11 is 0. The van der Waals surface area contributed by atoms with Gasteiger partial charge < -0.3 is 38.3 Å². The topological polar surface area (TPSA) is 102 Å². The van der Waals surface area contributed by atoms with E-state index in [0.717, 1.165) is 0 Å². The molecule has 0 aliphatic carbocycles. The number of ether oxygens (including phenoxy) is 7. The Labute approximate surface area is 191 Å². The van der Waals surface area contributed by atoms with Gasteiger partial charge in [-0.15, -0.1) is 0 Å². The van der Waals surface area contributed by atoms with Crippen LogP contribution < -0.4 is 28.4 Å². The number of fused-ring (bicyclic) bond motifs is 1. The van der Waals surface area contributed by atoms with Crippen LogP contribution in [0, 0.1) is 0 Å². The minimum Gasteiger partial charge on any atom is -0.507 e. The maximum absolute atomic E-state index is 12.8. The number of carbonyl (C=O) groups excluding carboxylic acids is 1. The van der Waals surface area contributed by atoms with E-state index in [9.17, 15) is 9.90 Å². The quantitative estimate of drug-likeness (QED) is 0.501. The van der Waals surface area contributed by atoms with Gasteiger partial charge in [0.2, 0.25) is 11.5 Å². The molecule has 0 radical (unpaired) electrons. The van der Waals surface area contributed by atoms with E-state index in [4.69, 9.17) is 33.2 Å². The fourth-order valence-electron chi connectivity index (χ4n) is 3.82. The molecular formula is C24H26O9. The maximum atomic E-state index is 12.8. The Morgan fingerprint density at radius 3 is 1.64 bits per heavy atom. The first-order chi connectivity index (χ1) is 15.9. The molecule has 33 heavy (non-hydrogen) atoms. The maximum Gasteiger partial charge on any atom is 0.338 e. The molecule has 0 atom stereocenters. The molecule has 3 aromatic rings. The van der Waals surface area contributed by atoms with Gasteiger partial charge in [0.25, 0.3) is 0 Å². The van der Waals surface area contributed by atoms with Crippen LogP contribution in [0.4, 0.5) is 0 Å². The predicted octanol–water partition coefficient (Wildman–Crippen LogP) is 4.05. The molecule has 1 N–H and O–H groups in total. The van der Waals surface area contributed by atoms with E-state index < -0.39 is 5.97 Å². The number of hydrogen-bond donors (Lipinski definition) is 1. The van der Waals surface area contributed by atoms with Crippen LogP contribution in [0.15, 0.2) is 24.3 Å². The van der Waals surface area contributed by atoms with Crippen molar-refractivity contribution < 1.29 is 43.1 Å². The summed E-state index contributed by atoms with van der Waals surface area (Å²) in [7, 11) is 10.1. The van der Waals surface area contributed by atoms with Crippen molar-refractivity contribution in [2.75, 3.05) is 49.8 Å². The zero-order valence-corrected chi connectivity index (χ0v) is 19.5. The fourth-order valence-corrected chi connectivity index (χ4v) is 3.82. The Hall–Kier alpha value is -4.01. The lowest BCUT2D eigenvalue weighted by atomic mass is 9.91. The minimum absolute atomic E-state index is 0.0993. The van der Waals surface area contributed by atoms with Crippen molar-refractivity contribution in [3.63, 3.8) is 0 Å². The smallest absolute Gasteiger partial charge is 0.338 e. The van der Waals surface area contributed by atoms with Crippen molar-refractivity contribution in [2.45, 2.75) is 0 Å². The number of phenols is 1. The Bertz CT molecular complexity index is 1180. The first kappa shape index (κ1) is 23.6. The van der Waals surface area contributed by atoms with Gasteiger partial charge in [-0.2, -0.15) is 0 Å². The van der Waals surface area contributed by atoms with Gasteiger partial charge in [-0.25, -0.2) is 4.79 Å². The Balaban J connectivity index is 2.61. The van der Waals surface area contributed by atoms with Gasteiger partial charge >= 0.3 is 5.97 Å². The first-order valence-electron chi connectivity index (χ1n) is 9.77. The average molecular weight is 458 g/mol. The first-order valence-corrected chi connectivity index (χ1v) is 9.77. The molecule has 0 bridgehead atoms. The van der Waals surface area contributed by atoms with Crippen molar-refractivity contribution in [3.05, 3.63) is 29.8 Å². The molecule has 3 rings (SSSR count). The number of aromatic hydroxyl groups is 1. The van der Waals surface area contributed by atoms with Crippen LogP contribution in [0.5, 0.6) is 40.2 Å². The number of methoxy groups -OCH3 is 7. The van der Waals surface area contributed by atoms with Crippen molar-refractivity contribution in [1.82, 2.24) is 0 Å². The summed E-state index contributed by atoms with van der Waals surface area (Å²) in [6.07, 6.45) is 0. The SMILES string of the molecule is COC(=O)c1cc(O)c2cc(OC)c(OC)c(OC)c2c1-c1cc(OC)c(OC)c(OC)c1. The minimum atomic E-state index is -0.659. The molecule has 0 aliphatic rings. The van der Waals surface area contributed by atoms with E-state index >= 15 is 0 Å². The van der Waals surface area contributed by atoms with Crippen molar-refractivity contribution in [1.29, 1.82) is 0 Å². The molecule has 0 unspecified atom stereocenters. The van der Waals surface area contributed by atoms with Gasteiger partial charge in [-0.3, -0.25) is 0 Å². The summed E-state index contributed by atoms with van der Waals surface area (Å²) in [4.78, 5) is 12.8. The van der Waals surface area contributed by atoms with Gasteiger partial charge in [-0.1, -0.05) is 0 Å². The summed E-state index contributed by atoms with van der Waals surface area (Å²) in [6, 6.07) is 6.32. The van der Waals surface area contributed by atoms with Crippen LogP contribution in [0.3, 0.4) is 0 Å². The van der Waals surface area contributed by atoms with E-state index in [2.05, 4.69) is 0 Å². The summed E-state index contributed by atoms with van der Waals surface area (Å²) < 4.78 is 38.1. The highest BCUT2D eigenvalue weighted by molar-refractivity contribution is 6.14. The number of phenolic OH excluding ortho intramolecular Hbond substituents is 1. The van der Waals surface area contributed by atoms with Crippen molar-refractivity contribution >= 4 is 16.7 Å². The van der Waals surface area contributed by atoms with E-state index in [1.165, 1.54) is 55.8 Å². The average Bonchev–Trinajstić information content (AvgIpc) is 2.85. The molecule has 0 aliphatic heterocycles. The lowest BCUT2D eigenvalue weighted by Crippen LogP contribution is -2.06. The van der Waals surface area contributed by atoms with E-state index in [1.54, 1.807) is 18.2 Å². The van der Waals surface area contributed by atoms with E-state index in [-0.39, 0.29) is 17.1 Å². The Morgan fingerprint density at radius 2 is 1.18 bits per heavy atom. The normalized spacial score (nSPS) is 10.5. The predicted molar refractivity (Wildman–Crippen MR) is 122 cm³/mol. The Morgan fingerprint density at radius 1 is 0.667 bits per heavy atom. The summed E-state index contributed by atoms with van der Waals surface area (Å²) in [6.45, 7) is 0. The third-order valence-corrected chi connectivity index (χ3v) is 5.27.